The average molecular weight is 256 g/mol. The van der Waals surface area contributed by atoms with Crippen LogP contribution < -0.4 is 0 Å². The normalized spacial score (nSPS) is 16.8. The molecule has 0 radical (unpaired) electrons. The van der Waals surface area contributed by atoms with E-state index in [1.54, 1.807) is 0 Å². The lowest BCUT2D eigenvalue weighted by molar-refractivity contribution is -0.139. The zero-order valence-corrected chi connectivity index (χ0v) is 11.2. The van der Waals surface area contributed by atoms with Crippen molar-refractivity contribution >= 4 is 11.9 Å². The van der Waals surface area contributed by atoms with E-state index in [0.29, 0.717) is 32.6 Å². The molecule has 1 N–H and O–H groups in total. The lowest BCUT2D eigenvalue weighted by Gasteiger charge is -2.33. The number of carbonyl (C=O) groups excluding carboxylic acids is 1. The maximum atomic E-state index is 11.9. The van der Waals surface area contributed by atoms with Crippen molar-refractivity contribution in [2.75, 3.05) is 32.7 Å². The van der Waals surface area contributed by atoms with Gasteiger partial charge in [-0.25, -0.2) is 0 Å². The first-order valence-electron chi connectivity index (χ1n) is 6.85. The standard InChI is InChI=1S/C13H24N2O3/c1-2-3-4-5-6-12(16)15-9-7-14(8-10-15)11-13(17)18/h2-11H2,1H3,(H,17,18). The highest BCUT2D eigenvalue weighted by atomic mass is 16.4. The van der Waals surface area contributed by atoms with Gasteiger partial charge in [-0.05, 0) is 6.42 Å². The molecule has 5 nitrogen and oxygen atoms in total. The Kier molecular flexibility index (Phi) is 6.72. The minimum Gasteiger partial charge on any atom is -0.480 e. The van der Waals surface area contributed by atoms with Crippen LogP contribution in [0.15, 0.2) is 0 Å². The van der Waals surface area contributed by atoms with Gasteiger partial charge in [-0.15, -0.1) is 0 Å². The number of piperazine rings is 1. The molecule has 0 atom stereocenters. The molecule has 0 unspecified atom stereocenters. The Balaban J connectivity index is 2.17. The number of carboxylic acids is 1. The molecule has 0 aromatic heterocycles. The lowest BCUT2D eigenvalue weighted by Crippen LogP contribution is -2.49. The fraction of sp³-hybridized carbons (Fsp3) is 0.846. The van der Waals surface area contributed by atoms with E-state index in [0.717, 1.165) is 12.8 Å². The highest BCUT2D eigenvalue weighted by molar-refractivity contribution is 5.76. The van der Waals surface area contributed by atoms with Crippen LogP contribution in [0.3, 0.4) is 0 Å². The number of aliphatic carboxylic acids is 1. The van der Waals surface area contributed by atoms with E-state index in [4.69, 9.17) is 5.11 Å². The summed E-state index contributed by atoms with van der Waals surface area (Å²) in [6.45, 7) is 4.92. The molecule has 1 amide bonds. The van der Waals surface area contributed by atoms with Crippen LogP contribution in [-0.2, 0) is 9.59 Å². The van der Waals surface area contributed by atoms with Crippen molar-refractivity contribution in [3.8, 4) is 0 Å². The zero-order valence-electron chi connectivity index (χ0n) is 11.2. The SMILES string of the molecule is CCCCCCC(=O)N1CCN(CC(=O)O)CC1. The maximum Gasteiger partial charge on any atom is 0.317 e. The van der Waals surface area contributed by atoms with Gasteiger partial charge in [0.2, 0.25) is 5.91 Å². The minimum atomic E-state index is -0.797. The fourth-order valence-electron chi connectivity index (χ4n) is 2.21. The predicted molar refractivity (Wildman–Crippen MR) is 69.4 cm³/mol. The molecule has 0 spiro atoms. The number of carboxylic acid groups (broad SMARTS) is 1. The summed E-state index contributed by atoms with van der Waals surface area (Å²) in [5, 5.41) is 8.69. The number of unbranched alkanes of at least 4 members (excludes halogenated alkanes) is 3. The summed E-state index contributed by atoms with van der Waals surface area (Å²) in [5.74, 6) is -0.574. The molecule has 104 valence electrons. The number of carbonyl (C=O) groups is 2. The summed E-state index contributed by atoms with van der Waals surface area (Å²) < 4.78 is 0. The summed E-state index contributed by atoms with van der Waals surface area (Å²) in [6.07, 6.45) is 5.11. The monoisotopic (exact) mass is 256 g/mol. The highest BCUT2D eigenvalue weighted by Gasteiger charge is 2.21. The molecule has 1 heterocycles. The third kappa shape index (κ3) is 5.49. The van der Waals surface area contributed by atoms with Crippen molar-refractivity contribution in [2.45, 2.75) is 39.0 Å². The third-order valence-electron chi connectivity index (χ3n) is 3.33. The van der Waals surface area contributed by atoms with Gasteiger partial charge in [-0.3, -0.25) is 14.5 Å². The second kappa shape index (κ2) is 8.08. The Labute approximate surface area is 109 Å². The molecule has 5 heteroatoms. The Morgan fingerprint density at radius 2 is 1.72 bits per heavy atom. The predicted octanol–water partition coefficient (Wildman–Crippen LogP) is 1.19. The first kappa shape index (κ1) is 15.0. The molecule has 1 aliphatic heterocycles. The Hall–Kier alpha value is -1.10. The van der Waals surface area contributed by atoms with Crippen molar-refractivity contribution in [3.05, 3.63) is 0 Å². The third-order valence-corrected chi connectivity index (χ3v) is 3.33. The molecule has 1 saturated heterocycles. The number of rotatable bonds is 7. The van der Waals surface area contributed by atoms with Gasteiger partial charge >= 0.3 is 5.97 Å². The first-order valence-corrected chi connectivity index (χ1v) is 6.85. The van der Waals surface area contributed by atoms with Gasteiger partial charge in [0.1, 0.15) is 0 Å². The smallest absolute Gasteiger partial charge is 0.317 e. The van der Waals surface area contributed by atoms with Gasteiger partial charge < -0.3 is 10.0 Å². The van der Waals surface area contributed by atoms with Crippen molar-refractivity contribution in [3.63, 3.8) is 0 Å². The zero-order chi connectivity index (χ0) is 13.4. The molecular formula is C13H24N2O3. The molecule has 0 aromatic carbocycles. The summed E-state index contributed by atoms with van der Waals surface area (Å²) >= 11 is 0. The minimum absolute atomic E-state index is 0.0819. The van der Waals surface area contributed by atoms with Gasteiger partial charge in [0.25, 0.3) is 0 Å². The summed E-state index contributed by atoms with van der Waals surface area (Å²) in [4.78, 5) is 26.2. The largest absolute Gasteiger partial charge is 0.480 e. The van der Waals surface area contributed by atoms with Gasteiger partial charge in [-0.1, -0.05) is 26.2 Å². The molecule has 0 saturated carbocycles. The molecule has 0 aromatic rings. The van der Waals surface area contributed by atoms with E-state index in [1.807, 2.05) is 9.80 Å². The molecular weight excluding hydrogens is 232 g/mol. The van der Waals surface area contributed by atoms with Crippen LogP contribution in [0.2, 0.25) is 0 Å². The van der Waals surface area contributed by atoms with E-state index in [-0.39, 0.29) is 12.5 Å². The van der Waals surface area contributed by atoms with Crippen molar-refractivity contribution in [1.29, 1.82) is 0 Å². The van der Waals surface area contributed by atoms with Crippen LogP contribution in [-0.4, -0.2) is 59.5 Å². The Morgan fingerprint density at radius 1 is 1.06 bits per heavy atom. The van der Waals surface area contributed by atoms with Gasteiger partial charge in [-0.2, -0.15) is 0 Å². The molecule has 18 heavy (non-hydrogen) atoms. The molecule has 1 aliphatic rings. The summed E-state index contributed by atoms with van der Waals surface area (Å²) in [6, 6.07) is 0. The van der Waals surface area contributed by atoms with Crippen LogP contribution in [0, 0.1) is 0 Å². The van der Waals surface area contributed by atoms with Crippen LogP contribution in [0.5, 0.6) is 0 Å². The van der Waals surface area contributed by atoms with E-state index in [2.05, 4.69) is 6.92 Å². The van der Waals surface area contributed by atoms with Crippen molar-refractivity contribution in [1.82, 2.24) is 9.80 Å². The maximum absolute atomic E-state index is 11.9. The first-order chi connectivity index (χ1) is 8.63. The lowest BCUT2D eigenvalue weighted by atomic mass is 10.1. The van der Waals surface area contributed by atoms with Gasteiger partial charge in [0, 0.05) is 32.6 Å². The number of hydrogen-bond donors (Lipinski definition) is 1. The Morgan fingerprint density at radius 3 is 2.28 bits per heavy atom. The van der Waals surface area contributed by atoms with E-state index >= 15 is 0 Å². The van der Waals surface area contributed by atoms with Crippen LogP contribution in [0.4, 0.5) is 0 Å². The second-order valence-corrected chi connectivity index (χ2v) is 4.86. The molecule has 0 bridgehead atoms. The van der Waals surface area contributed by atoms with Crippen LogP contribution in [0.25, 0.3) is 0 Å². The number of amides is 1. The number of nitrogens with zero attached hydrogens (tertiary/aromatic N) is 2. The fourth-order valence-corrected chi connectivity index (χ4v) is 2.21. The van der Waals surface area contributed by atoms with Crippen molar-refractivity contribution in [2.24, 2.45) is 0 Å². The van der Waals surface area contributed by atoms with Crippen LogP contribution >= 0.6 is 0 Å². The van der Waals surface area contributed by atoms with Crippen LogP contribution in [0.1, 0.15) is 39.0 Å². The van der Waals surface area contributed by atoms with E-state index in [1.165, 1.54) is 12.8 Å². The van der Waals surface area contributed by atoms with Gasteiger partial charge in [0.15, 0.2) is 0 Å². The Bertz CT molecular complexity index is 273. The summed E-state index contributed by atoms with van der Waals surface area (Å²) in [7, 11) is 0. The quantitative estimate of drug-likeness (QED) is 0.695. The van der Waals surface area contributed by atoms with Crippen molar-refractivity contribution < 1.29 is 14.7 Å². The van der Waals surface area contributed by atoms with Gasteiger partial charge in [0.05, 0.1) is 6.54 Å². The molecule has 1 rings (SSSR count). The van der Waals surface area contributed by atoms with E-state index in [9.17, 15) is 9.59 Å². The highest BCUT2D eigenvalue weighted by Crippen LogP contribution is 2.08. The van der Waals surface area contributed by atoms with E-state index < -0.39 is 5.97 Å². The number of hydrogen-bond acceptors (Lipinski definition) is 3. The average Bonchev–Trinajstić information content (AvgIpc) is 2.34. The topological polar surface area (TPSA) is 60.9 Å². The molecule has 0 aliphatic carbocycles. The molecule has 1 fully saturated rings. The second-order valence-electron chi connectivity index (χ2n) is 4.86. The summed E-state index contributed by atoms with van der Waals surface area (Å²) in [5.41, 5.74) is 0.